The molecule has 0 amide bonds. The second-order valence-corrected chi connectivity index (χ2v) is 4.83. The lowest BCUT2D eigenvalue weighted by atomic mass is 10.1. The summed E-state index contributed by atoms with van der Waals surface area (Å²) in [6, 6.07) is 10.8. The topological polar surface area (TPSA) is 6.48 Å². The summed E-state index contributed by atoms with van der Waals surface area (Å²) in [4.78, 5) is 4.78. The molecule has 0 saturated carbocycles. The summed E-state index contributed by atoms with van der Waals surface area (Å²) < 4.78 is 0. The van der Waals surface area contributed by atoms with Crippen molar-refractivity contribution in [3.8, 4) is 0 Å². The van der Waals surface area contributed by atoms with Crippen molar-refractivity contribution in [2.45, 2.75) is 19.8 Å². The Labute approximate surface area is 106 Å². The molecule has 0 heterocycles. The largest absolute Gasteiger partial charge is 0.308 e. The lowest BCUT2D eigenvalue weighted by Gasteiger charge is -2.22. The van der Waals surface area contributed by atoms with E-state index in [0.29, 0.717) is 0 Å². The third-order valence-corrected chi connectivity index (χ3v) is 3.09. The van der Waals surface area contributed by atoms with Crippen molar-refractivity contribution in [1.29, 1.82) is 0 Å². The van der Waals surface area contributed by atoms with Gasteiger partial charge >= 0.3 is 0 Å². The van der Waals surface area contributed by atoms with Crippen molar-refractivity contribution in [3.63, 3.8) is 0 Å². The van der Waals surface area contributed by atoms with Crippen LogP contribution in [-0.2, 0) is 6.42 Å². The van der Waals surface area contributed by atoms with E-state index in [9.17, 15) is 0 Å². The molecule has 0 aliphatic rings. The Morgan fingerprint density at radius 1 is 0.941 bits per heavy atom. The maximum atomic E-state index is 2.53. The molecule has 1 rings (SSSR count). The number of benzene rings is 1. The van der Waals surface area contributed by atoms with E-state index in [0.717, 1.165) is 13.1 Å². The van der Waals surface area contributed by atoms with Crippen LogP contribution in [0.1, 0.15) is 18.9 Å². The highest BCUT2D eigenvalue weighted by Gasteiger charge is 2.02. The zero-order chi connectivity index (χ0) is 12.5. The Morgan fingerprint density at radius 2 is 1.65 bits per heavy atom. The molecule has 1 aromatic carbocycles. The summed E-state index contributed by atoms with van der Waals surface area (Å²) in [7, 11) is 4.27. The average molecular weight is 234 g/mol. The maximum absolute atomic E-state index is 2.53. The molecular weight excluding hydrogens is 208 g/mol. The van der Waals surface area contributed by atoms with E-state index in [1.807, 2.05) is 0 Å². The summed E-state index contributed by atoms with van der Waals surface area (Å²) in [5.41, 5.74) is 1.45. The minimum Gasteiger partial charge on any atom is -0.308 e. The van der Waals surface area contributed by atoms with Crippen LogP contribution >= 0.6 is 0 Å². The van der Waals surface area contributed by atoms with E-state index in [1.165, 1.54) is 31.5 Å². The van der Waals surface area contributed by atoms with Gasteiger partial charge in [0.25, 0.3) is 0 Å². The molecule has 0 N–H and O–H groups in total. The predicted molar refractivity (Wildman–Crippen MR) is 75.4 cm³/mol. The molecule has 0 spiro atoms. The fourth-order valence-electron chi connectivity index (χ4n) is 1.92. The van der Waals surface area contributed by atoms with Crippen molar-refractivity contribution in [1.82, 2.24) is 9.80 Å². The number of hydrogen-bond acceptors (Lipinski definition) is 2. The van der Waals surface area contributed by atoms with Crippen LogP contribution in [-0.4, -0.2) is 50.1 Å². The molecule has 0 radical (unpaired) electrons. The monoisotopic (exact) mass is 234 g/mol. The molecule has 0 saturated heterocycles. The molecule has 17 heavy (non-hydrogen) atoms. The first-order valence-electron chi connectivity index (χ1n) is 6.63. The van der Waals surface area contributed by atoms with E-state index >= 15 is 0 Å². The Kier molecular flexibility index (Phi) is 6.90. The summed E-state index contributed by atoms with van der Waals surface area (Å²) in [6.45, 7) is 6.94. The van der Waals surface area contributed by atoms with Crippen molar-refractivity contribution in [3.05, 3.63) is 35.9 Å². The van der Waals surface area contributed by atoms with Crippen LogP contribution in [0.15, 0.2) is 30.3 Å². The van der Waals surface area contributed by atoms with Crippen molar-refractivity contribution in [2.24, 2.45) is 0 Å². The van der Waals surface area contributed by atoms with Crippen LogP contribution in [0.2, 0.25) is 0 Å². The summed E-state index contributed by atoms with van der Waals surface area (Å²) >= 11 is 0. The fraction of sp³-hybridized carbons (Fsp3) is 0.600. The Morgan fingerprint density at radius 3 is 2.24 bits per heavy atom. The predicted octanol–water partition coefficient (Wildman–Crippen LogP) is 2.50. The number of rotatable bonds is 8. The lowest BCUT2D eigenvalue weighted by Crippen LogP contribution is -2.32. The van der Waals surface area contributed by atoms with E-state index in [1.54, 1.807) is 0 Å². The molecule has 0 aliphatic carbocycles. The first kappa shape index (κ1) is 14.2. The SMILES string of the molecule is CCN(CCCc1ccccc1)CCN(C)C. The van der Waals surface area contributed by atoms with Crippen LogP contribution in [0.3, 0.4) is 0 Å². The van der Waals surface area contributed by atoms with Gasteiger partial charge in [0, 0.05) is 13.1 Å². The molecule has 0 unspecified atom stereocenters. The molecule has 0 atom stereocenters. The fourth-order valence-corrected chi connectivity index (χ4v) is 1.92. The molecule has 96 valence electrons. The van der Waals surface area contributed by atoms with Gasteiger partial charge in [0.1, 0.15) is 0 Å². The third-order valence-electron chi connectivity index (χ3n) is 3.09. The van der Waals surface area contributed by atoms with Gasteiger partial charge < -0.3 is 9.80 Å². The molecule has 2 heteroatoms. The zero-order valence-electron chi connectivity index (χ0n) is 11.5. The second-order valence-electron chi connectivity index (χ2n) is 4.83. The minimum absolute atomic E-state index is 1.15. The first-order valence-corrected chi connectivity index (χ1v) is 6.63. The van der Waals surface area contributed by atoms with E-state index in [4.69, 9.17) is 0 Å². The lowest BCUT2D eigenvalue weighted by molar-refractivity contribution is 0.248. The smallest absolute Gasteiger partial charge is 0.0109 e. The number of aryl methyl sites for hydroxylation is 1. The molecule has 1 aromatic rings. The van der Waals surface area contributed by atoms with Crippen molar-refractivity contribution in [2.75, 3.05) is 40.3 Å². The van der Waals surface area contributed by atoms with Crippen LogP contribution in [0, 0.1) is 0 Å². The molecule has 2 nitrogen and oxygen atoms in total. The molecular formula is C15H26N2. The van der Waals surface area contributed by atoms with Crippen molar-refractivity contribution < 1.29 is 0 Å². The van der Waals surface area contributed by atoms with Crippen LogP contribution in [0.5, 0.6) is 0 Å². The van der Waals surface area contributed by atoms with Gasteiger partial charge in [-0.05, 0) is 45.6 Å². The highest BCUT2D eigenvalue weighted by Crippen LogP contribution is 2.03. The average Bonchev–Trinajstić information content (AvgIpc) is 2.34. The third kappa shape index (κ3) is 6.44. The van der Waals surface area contributed by atoms with Crippen LogP contribution in [0.25, 0.3) is 0 Å². The van der Waals surface area contributed by atoms with Gasteiger partial charge in [-0.25, -0.2) is 0 Å². The highest BCUT2D eigenvalue weighted by molar-refractivity contribution is 5.14. The van der Waals surface area contributed by atoms with Crippen LogP contribution < -0.4 is 0 Å². The van der Waals surface area contributed by atoms with Crippen LogP contribution in [0.4, 0.5) is 0 Å². The van der Waals surface area contributed by atoms with Gasteiger partial charge in [-0.3, -0.25) is 0 Å². The Balaban J connectivity index is 2.19. The first-order chi connectivity index (χ1) is 8.22. The number of nitrogens with zero attached hydrogens (tertiary/aromatic N) is 2. The van der Waals surface area contributed by atoms with E-state index in [-0.39, 0.29) is 0 Å². The Bertz CT molecular complexity index is 282. The maximum Gasteiger partial charge on any atom is 0.0109 e. The van der Waals surface area contributed by atoms with Crippen molar-refractivity contribution >= 4 is 0 Å². The molecule has 0 aliphatic heterocycles. The zero-order valence-corrected chi connectivity index (χ0v) is 11.5. The Hall–Kier alpha value is -0.860. The number of hydrogen-bond donors (Lipinski definition) is 0. The van der Waals surface area contributed by atoms with Gasteiger partial charge in [-0.15, -0.1) is 0 Å². The summed E-state index contributed by atoms with van der Waals surface area (Å²) in [6.07, 6.45) is 2.45. The standard InChI is InChI=1S/C15H26N2/c1-4-17(14-13-16(2)3)12-8-11-15-9-6-5-7-10-15/h5-7,9-10H,4,8,11-14H2,1-3H3. The van der Waals surface area contributed by atoms with Gasteiger partial charge in [0.2, 0.25) is 0 Å². The van der Waals surface area contributed by atoms with Gasteiger partial charge in [-0.1, -0.05) is 37.3 Å². The quantitative estimate of drug-likeness (QED) is 0.682. The summed E-state index contributed by atoms with van der Waals surface area (Å²) in [5.74, 6) is 0. The van der Waals surface area contributed by atoms with Gasteiger partial charge in [0.05, 0.1) is 0 Å². The van der Waals surface area contributed by atoms with Gasteiger partial charge in [-0.2, -0.15) is 0 Å². The minimum atomic E-state index is 1.15. The highest BCUT2D eigenvalue weighted by atomic mass is 15.2. The van der Waals surface area contributed by atoms with E-state index < -0.39 is 0 Å². The van der Waals surface area contributed by atoms with E-state index in [2.05, 4.69) is 61.2 Å². The second kappa shape index (κ2) is 8.26. The normalized spacial score (nSPS) is 11.4. The molecule has 0 fully saturated rings. The van der Waals surface area contributed by atoms with Gasteiger partial charge in [0.15, 0.2) is 0 Å². The molecule has 0 bridgehead atoms. The number of likely N-dealkylation sites (N-methyl/N-ethyl adjacent to an activating group) is 2. The summed E-state index contributed by atoms with van der Waals surface area (Å²) in [5, 5.41) is 0. The molecule has 0 aromatic heterocycles.